The second kappa shape index (κ2) is 5.41. The minimum atomic E-state index is 0.739. The predicted molar refractivity (Wildman–Crippen MR) is 75.1 cm³/mol. The number of nitrogens with two attached hydrogens (primary N) is 1. The minimum Gasteiger partial charge on any atom is -0.330 e. The number of nitrogens with zero attached hydrogens (tertiary/aromatic N) is 1. The molecule has 0 spiro atoms. The Morgan fingerprint density at radius 3 is 2.61 bits per heavy atom. The topological polar surface area (TPSA) is 29.3 Å². The van der Waals surface area contributed by atoms with Crippen LogP contribution in [0, 0.1) is 11.8 Å². The molecular weight excluding hydrogens is 220 g/mol. The molecule has 2 heteroatoms. The van der Waals surface area contributed by atoms with Gasteiger partial charge in [0.2, 0.25) is 0 Å². The van der Waals surface area contributed by atoms with Crippen LogP contribution in [0.1, 0.15) is 31.2 Å². The molecule has 0 radical (unpaired) electrons. The quantitative estimate of drug-likeness (QED) is 0.862. The molecule has 2 nitrogen and oxygen atoms in total. The fraction of sp³-hybridized carbons (Fsp3) is 0.625. The highest BCUT2D eigenvalue weighted by Gasteiger charge is 2.39. The summed E-state index contributed by atoms with van der Waals surface area (Å²) >= 11 is 0. The molecule has 1 aliphatic carbocycles. The molecule has 2 unspecified atom stereocenters. The maximum absolute atomic E-state index is 6.02. The zero-order valence-electron chi connectivity index (χ0n) is 11.1. The third-order valence-corrected chi connectivity index (χ3v) is 4.64. The largest absolute Gasteiger partial charge is 0.330 e. The predicted octanol–water partition coefficient (Wildman–Crippen LogP) is 2.64. The van der Waals surface area contributed by atoms with Gasteiger partial charge in [0.1, 0.15) is 0 Å². The first-order valence-electron chi connectivity index (χ1n) is 7.36. The van der Waals surface area contributed by atoms with Gasteiger partial charge in [-0.2, -0.15) is 0 Å². The fourth-order valence-electron chi connectivity index (χ4n) is 3.54. The van der Waals surface area contributed by atoms with Crippen molar-refractivity contribution in [2.45, 2.75) is 38.3 Å². The van der Waals surface area contributed by atoms with E-state index in [-0.39, 0.29) is 0 Å². The molecule has 2 aliphatic rings. The molecule has 2 atom stereocenters. The van der Waals surface area contributed by atoms with Crippen LogP contribution in [0.3, 0.4) is 0 Å². The smallest absolute Gasteiger partial charge is 0.0236 e. The van der Waals surface area contributed by atoms with Gasteiger partial charge in [0.15, 0.2) is 0 Å². The van der Waals surface area contributed by atoms with Gasteiger partial charge in [-0.1, -0.05) is 30.3 Å². The van der Waals surface area contributed by atoms with Crippen molar-refractivity contribution < 1.29 is 0 Å². The molecule has 3 rings (SSSR count). The SMILES string of the molecule is NCC(C1CC1)C1CCCN1Cc1ccccc1. The van der Waals surface area contributed by atoms with E-state index < -0.39 is 0 Å². The average molecular weight is 244 g/mol. The van der Waals surface area contributed by atoms with Gasteiger partial charge in [-0.15, -0.1) is 0 Å². The van der Waals surface area contributed by atoms with Crippen molar-refractivity contribution in [1.29, 1.82) is 0 Å². The minimum absolute atomic E-state index is 0.739. The molecule has 0 aromatic heterocycles. The summed E-state index contributed by atoms with van der Waals surface area (Å²) in [7, 11) is 0. The molecule has 0 amide bonds. The van der Waals surface area contributed by atoms with Crippen molar-refractivity contribution in [3.63, 3.8) is 0 Å². The lowest BCUT2D eigenvalue weighted by atomic mass is 9.92. The Labute approximate surface area is 110 Å². The van der Waals surface area contributed by atoms with Crippen molar-refractivity contribution in [1.82, 2.24) is 4.90 Å². The summed E-state index contributed by atoms with van der Waals surface area (Å²) in [5, 5.41) is 0. The molecule has 1 saturated heterocycles. The van der Waals surface area contributed by atoms with E-state index in [9.17, 15) is 0 Å². The Balaban J connectivity index is 1.67. The van der Waals surface area contributed by atoms with Gasteiger partial charge in [0.05, 0.1) is 0 Å². The summed E-state index contributed by atoms with van der Waals surface area (Å²) in [6.45, 7) is 3.23. The van der Waals surface area contributed by atoms with E-state index in [1.165, 1.54) is 37.8 Å². The molecule has 1 aromatic rings. The Hall–Kier alpha value is -0.860. The van der Waals surface area contributed by atoms with Crippen molar-refractivity contribution >= 4 is 0 Å². The zero-order valence-corrected chi connectivity index (χ0v) is 11.1. The van der Waals surface area contributed by atoms with Gasteiger partial charge < -0.3 is 5.73 Å². The molecular formula is C16H24N2. The second-order valence-electron chi connectivity index (χ2n) is 5.90. The van der Waals surface area contributed by atoms with E-state index >= 15 is 0 Å². The summed E-state index contributed by atoms with van der Waals surface area (Å²) in [4.78, 5) is 2.67. The molecule has 2 N–H and O–H groups in total. The molecule has 1 aliphatic heterocycles. The molecule has 1 heterocycles. The normalized spacial score (nSPS) is 26.4. The van der Waals surface area contributed by atoms with Crippen LogP contribution in [-0.2, 0) is 6.54 Å². The van der Waals surface area contributed by atoms with Crippen molar-refractivity contribution in [2.75, 3.05) is 13.1 Å². The van der Waals surface area contributed by atoms with Gasteiger partial charge in [-0.3, -0.25) is 4.90 Å². The van der Waals surface area contributed by atoms with E-state index in [0.29, 0.717) is 0 Å². The molecule has 1 aromatic carbocycles. The Kier molecular flexibility index (Phi) is 3.67. The molecule has 98 valence electrons. The third kappa shape index (κ3) is 2.60. The summed E-state index contributed by atoms with van der Waals surface area (Å²) in [5.74, 6) is 1.67. The van der Waals surface area contributed by atoms with Crippen LogP contribution in [0.15, 0.2) is 30.3 Å². The molecule has 1 saturated carbocycles. The van der Waals surface area contributed by atoms with E-state index in [0.717, 1.165) is 31.0 Å². The standard InChI is InChI=1S/C16H24N2/c17-11-15(14-8-9-14)16-7-4-10-18(16)12-13-5-2-1-3-6-13/h1-3,5-6,14-16H,4,7-12,17H2. The van der Waals surface area contributed by atoms with Crippen LogP contribution >= 0.6 is 0 Å². The van der Waals surface area contributed by atoms with Gasteiger partial charge >= 0.3 is 0 Å². The third-order valence-electron chi connectivity index (χ3n) is 4.64. The fourth-order valence-corrected chi connectivity index (χ4v) is 3.54. The van der Waals surface area contributed by atoms with Crippen LogP contribution < -0.4 is 5.73 Å². The van der Waals surface area contributed by atoms with Crippen LogP contribution in [0.2, 0.25) is 0 Å². The number of benzene rings is 1. The monoisotopic (exact) mass is 244 g/mol. The number of hydrogen-bond acceptors (Lipinski definition) is 2. The zero-order chi connectivity index (χ0) is 12.4. The van der Waals surface area contributed by atoms with Crippen LogP contribution in [0.25, 0.3) is 0 Å². The van der Waals surface area contributed by atoms with Crippen molar-refractivity contribution in [2.24, 2.45) is 17.6 Å². The highest BCUT2D eigenvalue weighted by Crippen LogP contribution is 2.42. The van der Waals surface area contributed by atoms with Gasteiger partial charge in [0.25, 0.3) is 0 Å². The maximum atomic E-state index is 6.02. The molecule has 18 heavy (non-hydrogen) atoms. The lowest BCUT2D eigenvalue weighted by Crippen LogP contribution is -2.39. The lowest BCUT2D eigenvalue weighted by molar-refractivity contribution is 0.170. The second-order valence-corrected chi connectivity index (χ2v) is 5.90. The molecule has 2 fully saturated rings. The summed E-state index contributed by atoms with van der Waals surface area (Å²) in [6.07, 6.45) is 5.53. The Morgan fingerprint density at radius 2 is 1.94 bits per heavy atom. The lowest BCUT2D eigenvalue weighted by Gasteiger charge is -2.31. The Bertz CT molecular complexity index is 372. The van der Waals surface area contributed by atoms with Crippen LogP contribution in [-0.4, -0.2) is 24.0 Å². The maximum Gasteiger partial charge on any atom is 0.0236 e. The number of hydrogen-bond donors (Lipinski definition) is 1. The van der Waals surface area contributed by atoms with Gasteiger partial charge in [0, 0.05) is 12.6 Å². The first-order valence-corrected chi connectivity index (χ1v) is 7.36. The number of likely N-dealkylation sites (tertiary alicyclic amines) is 1. The summed E-state index contributed by atoms with van der Waals surface area (Å²) in [5.41, 5.74) is 7.46. The van der Waals surface area contributed by atoms with Crippen molar-refractivity contribution in [3.05, 3.63) is 35.9 Å². The van der Waals surface area contributed by atoms with E-state index in [1.54, 1.807) is 0 Å². The average Bonchev–Trinajstić information content (AvgIpc) is 3.14. The van der Waals surface area contributed by atoms with Crippen LogP contribution in [0.4, 0.5) is 0 Å². The highest BCUT2D eigenvalue weighted by atomic mass is 15.2. The van der Waals surface area contributed by atoms with E-state index in [2.05, 4.69) is 35.2 Å². The first kappa shape index (κ1) is 12.2. The van der Waals surface area contributed by atoms with Crippen molar-refractivity contribution in [3.8, 4) is 0 Å². The first-order chi connectivity index (χ1) is 8.88. The van der Waals surface area contributed by atoms with Crippen LogP contribution in [0.5, 0.6) is 0 Å². The van der Waals surface area contributed by atoms with E-state index in [4.69, 9.17) is 5.73 Å². The summed E-state index contributed by atoms with van der Waals surface area (Å²) in [6, 6.07) is 11.6. The summed E-state index contributed by atoms with van der Waals surface area (Å²) < 4.78 is 0. The molecule has 0 bridgehead atoms. The number of rotatable bonds is 5. The van der Waals surface area contributed by atoms with Gasteiger partial charge in [-0.25, -0.2) is 0 Å². The van der Waals surface area contributed by atoms with Gasteiger partial charge in [-0.05, 0) is 56.2 Å². The van der Waals surface area contributed by atoms with E-state index in [1.807, 2.05) is 0 Å². The highest BCUT2D eigenvalue weighted by molar-refractivity contribution is 5.15. The Morgan fingerprint density at radius 1 is 1.17 bits per heavy atom.